The number of halogens is 1. The summed E-state index contributed by atoms with van der Waals surface area (Å²) in [5.74, 6) is -0.198. The fourth-order valence-electron chi connectivity index (χ4n) is 1.72. The third-order valence-corrected chi connectivity index (χ3v) is 3.63. The van der Waals surface area contributed by atoms with Gasteiger partial charge in [-0.3, -0.25) is 0 Å². The molecule has 0 fully saturated rings. The highest BCUT2D eigenvalue weighted by Crippen LogP contribution is 2.26. The molecule has 0 atom stereocenters. The number of unbranched alkanes of at least 4 members (excludes halogenated alkanes) is 3. The second-order valence-corrected chi connectivity index (χ2v) is 5.15. The fourth-order valence-corrected chi connectivity index (χ4v) is 2.64. The van der Waals surface area contributed by atoms with E-state index in [0.29, 0.717) is 0 Å². The first-order chi connectivity index (χ1) is 8.29. The fraction of sp³-hybridized carbons (Fsp3) is 0.462. The molecule has 92 valence electrons. The van der Waals surface area contributed by atoms with E-state index in [2.05, 4.69) is 17.2 Å². The Kier molecular flexibility index (Phi) is 4.31. The van der Waals surface area contributed by atoms with E-state index in [0.717, 1.165) is 28.3 Å². The molecule has 0 spiro atoms. The smallest absolute Gasteiger partial charge is 0.183 e. The van der Waals surface area contributed by atoms with Crippen LogP contribution in [0.15, 0.2) is 18.2 Å². The van der Waals surface area contributed by atoms with E-state index in [1.54, 1.807) is 6.07 Å². The van der Waals surface area contributed by atoms with Crippen molar-refractivity contribution in [2.75, 3.05) is 11.9 Å². The summed E-state index contributed by atoms with van der Waals surface area (Å²) < 4.78 is 13.9. The van der Waals surface area contributed by atoms with Crippen LogP contribution in [-0.2, 0) is 0 Å². The quantitative estimate of drug-likeness (QED) is 0.769. The van der Waals surface area contributed by atoms with Crippen LogP contribution in [0.2, 0.25) is 0 Å². The minimum Gasteiger partial charge on any atom is -0.361 e. The second kappa shape index (κ2) is 5.96. The highest BCUT2D eigenvalue weighted by Gasteiger charge is 2.03. The molecule has 1 aromatic carbocycles. The number of hydrogen-bond acceptors (Lipinski definition) is 3. The van der Waals surface area contributed by atoms with Gasteiger partial charge in [0.1, 0.15) is 5.82 Å². The zero-order valence-corrected chi connectivity index (χ0v) is 10.8. The first kappa shape index (κ1) is 12.3. The van der Waals surface area contributed by atoms with Gasteiger partial charge in [-0.1, -0.05) is 37.5 Å². The van der Waals surface area contributed by atoms with Crippen molar-refractivity contribution in [3.63, 3.8) is 0 Å². The minimum atomic E-state index is -0.198. The molecule has 0 amide bonds. The maximum atomic E-state index is 13.0. The molecule has 2 nitrogen and oxygen atoms in total. The molecule has 1 N–H and O–H groups in total. The lowest BCUT2D eigenvalue weighted by atomic mass is 10.2. The lowest BCUT2D eigenvalue weighted by Crippen LogP contribution is -2.00. The van der Waals surface area contributed by atoms with Gasteiger partial charge in [-0.25, -0.2) is 9.37 Å². The molecule has 0 aliphatic rings. The Morgan fingerprint density at radius 3 is 3.00 bits per heavy atom. The Labute approximate surface area is 105 Å². The molecule has 0 aliphatic carbocycles. The third kappa shape index (κ3) is 3.40. The van der Waals surface area contributed by atoms with Gasteiger partial charge in [-0.15, -0.1) is 0 Å². The summed E-state index contributed by atoms with van der Waals surface area (Å²) in [5.41, 5.74) is 0.868. The standard InChI is InChI=1S/C13H17FN2S/c1-2-3-4-5-8-15-13-16-11-7-6-10(14)9-12(11)17-13/h6-7,9H,2-5,8H2,1H3,(H,15,16). The molecule has 0 saturated carbocycles. The zero-order chi connectivity index (χ0) is 12.1. The van der Waals surface area contributed by atoms with E-state index < -0.39 is 0 Å². The van der Waals surface area contributed by atoms with Crippen LogP contribution < -0.4 is 5.32 Å². The number of anilines is 1. The summed E-state index contributed by atoms with van der Waals surface area (Å²) in [4.78, 5) is 4.41. The van der Waals surface area contributed by atoms with Crippen molar-refractivity contribution in [2.45, 2.75) is 32.6 Å². The molecule has 1 heterocycles. The van der Waals surface area contributed by atoms with Crippen molar-refractivity contribution < 1.29 is 4.39 Å². The zero-order valence-electron chi connectivity index (χ0n) is 10.0. The second-order valence-electron chi connectivity index (χ2n) is 4.12. The Morgan fingerprint density at radius 1 is 1.29 bits per heavy atom. The first-order valence-corrected chi connectivity index (χ1v) is 6.91. The van der Waals surface area contributed by atoms with Gasteiger partial charge >= 0.3 is 0 Å². The SMILES string of the molecule is CCCCCCNc1nc2ccc(F)cc2s1. The van der Waals surface area contributed by atoms with Gasteiger partial charge in [0.05, 0.1) is 10.2 Å². The van der Waals surface area contributed by atoms with E-state index in [-0.39, 0.29) is 5.82 Å². The van der Waals surface area contributed by atoms with Crippen molar-refractivity contribution in [2.24, 2.45) is 0 Å². The number of nitrogens with zero attached hydrogens (tertiary/aromatic N) is 1. The lowest BCUT2D eigenvalue weighted by Gasteiger charge is -2.00. The Bertz CT molecular complexity index is 481. The molecule has 1 aromatic heterocycles. The average molecular weight is 252 g/mol. The van der Waals surface area contributed by atoms with Gasteiger partial charge in [0.2, 0.25) is 0 Å². The minimum absolute atomic E-state index is 0.198. The number of benzene rings is 1. The van der Waals surface area contributed by atoms with Crippen LogP contribution in [0.5, 0.6) is 0 Å². The van der Waals surface area contributed by atoms with Crippen LogP contribution in [0.25, 0.3) is 10.2 Å². The Morgan fingerprint density at radius 2 is 2.18 bits per heavy atom. The number of fused-ring (bicyclic) bond motifs is 1. The molecular formula is C13H17FN2S. The Hall–Kier alpha value is -1.16. The van der Waals surface area contributed by atoms with Crippen molar-refractivity contribution in [3.8, 4) is 0 Å². The first-order valence-electron chi connectivity index (χ1n) is 6.09. The number of thiazole rings is 1. The van der Waals surface area contributed by atoms with Gasteiger partial charge < -0.3 is 5.32 Å². The van der Waals surface area contributed by atoms with Gasteiger partial charge in [0, 0.05) is 6.54 Å². The van der Waals surface area contributed by atoms with Crippen LogP contribution in [-0.4, -0.2) is 11.5 Å². The summed E-state index contributed by atoms with van der Waals surface area (Å²) in [6.07, 6.45) is 4.95. The predicted molar refractivity (Wildman–Crippen MR) is 72.2 cm³/mol. The molecule has 0 bridgehead atoms. The normalized spacial score (nSPS) is 10.9. The number of nitrogens with one attached hydrogen (secondary N) is 1. The van der Waals surface area contributed by atoms with E-state index in [1.807, 2.05) is 0 Å². The topological polar surface area (TPSA) is 24.9 Å². The van der Waals surface area contributed by atoms with E-state index in [9.17, 15) is 4.39 Å². The van der Waals surface area contributed by atoms with Crippen LogP contribution in [0.1, 0.15) is 32.6 Å². The molecular weight excluding hydrogens is 235 g/mol. The molecule has 0 radical (unpaired) electrons. The molecule has 2 rings (SSSR count). The molecule has 4 heteroatoms. The third-order valence-electron chi connectivity index (χ3n) is 2.66. The maximum Gasteiger partial charge on any atom is 0.183 e. The maximum absolute atomic E-state index is 13.0. The van der Waals surface area contributed by atoms with Gasteiger partial charge in [0.25, 0.3) is 0 Å². The van der Waals surface area contributed by atoms with Crippen LogP contribution in [0, 0.1) is 5.82 Å². The van der Waals surface area contributed by atoms with Gasteiger partial charge in [-0.2, -0.15) is 0 Å². The summed E-state index contributed by atoms with van der Waals surface area (Å²) in [6, 6.07) is 4.71. The monoisotopic (exact) mass is 252 g/mol. The average Bonchev–Trinajstić information content (AvgIpc) is 2.70. The molecule has 0 saturated heterocycles. The number of rotatable bonds is 6. The van der Waals surface area contributed by atoms with Crippen molar-refractivity contribution >= 4 is 26.7 Å². The molecule has 0 unspecified atom stereocenters. The van der Waals surface area contributed by atoms with Crippen molar-refractivity contribution in [3.05, 3.63) is 24.0 Å². The molecule has 2 aromatic rings. The number of hydrogen-bond donors (Lipinski definition) is 1. The van der Waals surface area contributed by atoms with Gasteiger partial charge in [0.15, 0.2) is 5.13 Å². The van der Waals surface area contributed by atoms with Crippen LogP contribution in [0.4, 0.5) is 9.52 Å². The van der Waals surface area contributed by atoms with Crippen LogP contribution >= 0.6 is 11.3 Å². The summed E-state index contributed by atoms with van der Waals surface area (Å²) in [7, 11) is 0. The number of aromatic nitrogens is 1. The summed E-state index contributed by atoms with van der Waals surface area (Å²) in [5, 5.41) is 4.19. The van der Waals surface area contributed by atoms with Gasteiger partial charge in [-0.05, 0) is 24.6 Å². The van der Waals surface area contributed by atoms with E-state index >= 15 is 0 Å². The molecule has 0 aliphatic heterocycles. The van der Waals surface area contributed by atoms with Crippen molar-refractivity contribution in [1.82, 2.24) is 4.98 Å². The highest BCUT2D eigenvalue weighted by molar-refractivity contribution is 7.22. The Balaban J connectivity index is 1.91. The lowest BCUT2D eigenvalue weighted by molar-refractivity contribution is 0.630. The van der Waals surface area contributed by atoms with Crippen molar-refractivity contribution in [1.29, 1.82) is 0 Å². The summed E-state index contributed by atoms with van der Waals surface area (Å²) in [6.45, 7) is 3.15. The molecule has 17 heavy (non-hydrogen) atoms. The summed E-state index contributed by atoms with van der Waals surface area (Å²) >= 11 is 1.51. The predicted octanol–water partition coefficient (Wildman–Crippen LogP) is 4.43. The largest absolute Gasteiger partial charge is 0.361 e. The van der Waals surface area contributed by atoms with E-state index in [4.69, 9.17) is 0 Å². The highest BCUT2D eigenvalue weighted by atomic mass is 32.1. The van der Waals surface area contributed by atoms with E-state index in [1.165, 1.54) is 42.7 Å². The van der Waals surface area contributed by atoms with Crippen LogP contribution in [0.3, 0.4) is 0 Å².